The second-order valence-corrected chi connectivity index (χ2v) is 2.10. The minimum absolute atomic E-state index is 0. The number of carbonyl (C=O) groups excluding carboxylic acids is 1. The van der Waals surface area contributed by atoms with Crippen LogP contribution in [-0.4, -0.2) is 30.7 Å². The van der Waals surface area contributed by atoms with Crippen molar-refractivity contribution in [2.45, 2.75) is 13.3 Å². The molecule has 0 saturated carbocycles. The van der Waals surface area contributed by atoms with Gasteiger partial charge in [0.1, 0.15) is 6.61 Å². The van der Waals surface area contributed by atoms with Gasteiger partial charge in [-0.25, -0.2) is 4.79 Å². The molecule has 1 heterocycles. The molecule has 0 aromatic carbocycles. The maximum atomic E-state index is 10.7. The van der Waals surface area contributed by atoms with Crippen molar-refractivity contribution in [3.8, 4) is 0 Å². The van der Waals surface area contributed by atoms with E-state index in [4.69, 9.17) is 4.74 Å². The zero-order valence-corrected chi connectivity index (χ0v) is 6.82. The Hall–Kier alpha value is -0.440. The van der Waals surface area contributed by atoms with Crippen LogP contribution in [0, 0.1) is 0 Å². The highest BCUT2D eigenvalue weighted by Gasteiger charge is 2.19. The van der Waals surface area contributed by atoms with Gasteiger partial charge in [-0.15, -0.1) is 12.4 Å². The van der Waals surface area contributed by atoms with E-state index in [2.05, 4.69) is 0 Å². The van der Waals surface area contributed by atoms with Crippen LogP contribution in [0.5, 0.6) is 0 Å². The molecule has 1 rings (SSSR count). The van der Waals surface area contributed by atoms with Crippen LogP contribution in [-0.2, 0) is 4.74 Å². The van der Waals surface area contributed by atoms with Crippen LogP contribution in [0.4, 0.5) is 4.79 Å². The lowest BCUT2D eigenvalue weighted by atomic mass is 10.4. The van der Waals surface area contributed by atoms with E-state index < -0.39 is 0 Å². The summed E-state index contributed by atoms with van der Waals surface area (Å²) in [6, 6.07) is 0. The molecule has 0 aromatic heterocycles. The number of hydrogen-bond acceptors (Lipinski definition) is 2. The summed E-state index contributed by atoms with van der Waals surface area (Å²) in [5.41, 5.74) is 0. The molecule has 0 aromatic rings. The van der Waals surface area contributed by atoms with Crippen molar-refractivity contribution in [2.75, 3.05) is 19.7 Å². The molecular weight excluding hydrogens is 154 g/mol. The highest BCUT2D eigenvalue weighted by Crippen LogP contribution is 2.02. The number of ether oxygens (including phenoxy) is 1. The van der Waals surface area contributed by atoms with Crippen LogP contribution in [0.15, 0.2) is 0 Å². The van der Waals surface area contributed by atoms with Crippen LogP contribution >= 0.6 is 12.4 Å². The average Bonchev–Trinajstić information content (AvgIpc) is 2.18. The summed E-state index contributed by atoms with van der Waals surface area (Å²) in [6.07, 6.45) is 0.853. The smallest absolute Gasteiger partial charge is 0.409 e. The Balaban J connectivity index is 0.000000810. The van der Waals surface area contributed by atoms with Gasteiger partial charge >= 0.3 is 6.09 Å². The topological polar surface area (TPSA) is 29.5 Å². The fourth-order valence-electron chi connectivity index (χ4n) is 0.899. The molecule has 1 amide bonds. The number of cyclic esters (lactones) is 1. The molecular formula is C6H12ClNO2. The first kappa shape index (κ1) is 9.56. The number of carbonyl (C=O) groups is 1. The van der Waals surface area contributed by atoms with Gasteiger partial charge in [-0.3, -0.25) is 0 Å². The van der Waals surface area contributed by atoms with E-state index in [9.17, 15) is 4.79 Å². The second kappa shape index (κ2) is 4.39. The molecule has 0 bridgehead atoms. The van der Waals surface area contributed by atoms with Gasteiger partial charge in [0, 0.05) is 6.54 Å². The summed E-state index contributed by atoms with van der Waals surface area (Å²) in [5.74, 6) is 0. The van der Waals surface area contributed by atoms with Gasteiger partial charge in [0.2, 0.25) is 0 Å². The molecule has 0 radical (unpaired) electrons. The molecule has 1 saturated heterocycles. The molecule has 0 spiro atoms. The van der Waals surface area contributed by atoms with Gasteiger partial charge in [-0.05, 0) is 6.42 Å². The standard InChI is InChI=1S/C6H11NO2.ClH/c1-2-3-7-4-5-9-6(7)8;/h2-5H2,1H3;1H. The van der Waals surface area contributed by atoms with Crippen molar-refractivity contribution in [1.82, 2.24) is 4.90 Å². The summed E-state index contributed by atoms with van der Waals surface area (Å²) < 4.78 is 4.70. The molecule has 4 heteroatoms. The molecule has 1 fully saturated rings. The normalized spacial score (nSPS) is 16.5. The Kier molecular flexibility index (Phi) is 4.19. The van der Waals surface area contributed by atoms with Gasteiger partial charge in [0.15, 0.2) is 0 Å². The minimum atomic E-state index is -0.156. The molecule has 1 aliphatic rings. The quantitative estimate of drug-likeness (QED) is 0.617. The Bertz CT molecular complexity index is 118. The lowest BCUT2D eigenvalue weighted by molar-refractivity contribution is 0.158. The van der Waals surface area contributed by atoms with E-state index in [0.29, 0.717) is 6.61 Å². The number of halogens is 1. The zero-order chi connectivity index (χ0) is 6.69. The SMILES string of the molecule is CCCN1CCOC1=O.Cl. The fourth-order valence-corrected chi connectivity index (χ4v) is 0.899. The first-order chi connectivity index (χ1) is 4.34. The van der Waals surface area contributed by atoms with E-state index in [1.165, 1.54) is 0 Å². The second-order valence-electron chi connectivity index (χ2n) is 2.10. The Morgan fingerprint density at radius 1 is 1.70 bits per heavy atom. The molecule has 60 valence electrons. The van der Waals surface area contributed by atoms with E-state index in [0.717, 1.165) is 19.5 Å². The first-order valence-electron chi connectivity index (χ1n) is 3.26. The zero-order valence-electron chi connectivity index (χ0n) is 6.00. The molecule has 0 N–H and O–H groups in total. The number of nitrogens with zero attached hydrogens (tertiary/aromatic N) is 1. The molecule has 3 nitrogen and oxygen atoms in total. The van der Waals surface area contributed by atoms with Gasteiger partial charge in [-0.2, -0.15) is 0 Å². The monoisotopic (exact) mass is 165 g/mol. The van der Waals surface area contributed by atoms with Gasteiger partial charge in [-0.1, -0.05) is 6.92 Å². The van der Waals surface area contributed by atoms with E-state index in [1.807, 2.05) is 6.92 Å². The lowest BCUT2D eigenvalue weighted by Crippen LogP contribution is -2.24. The van der Waals surface area contributed by atoms with Crippen LogP contribution in [0.1, 0.15) is 13.3 Å². The predicted octanol–water partition coefficient (Wildman–Crippen LogP) is 1.27. The Morgan fingerprint density at radius 3 is 2.80 bits per heavy atom. The predicted molar refractivity (Wildman–Crippen MR) is 40.5 cm³/mol. The largest absolute Gasteiger partial charge is 0.448 e. The molecule has 0 unspecified atom stereocenters. The van der Waals surface area contributed by atoms with E-state index in [-0.39, 0.29) is 18.5 Å². The number of hydrogen-bond donors (Lipinski definition) is 0. The number of rotatable bonds is 2. The third-order valence-corrected chi connectivity index (χ3v) is 1.34. The third kappa shape index (κ3) is 2.06. The molecule has 1 aliphatic heterocycles. The highest BCUT2D eigenvalue weighted by molar-refractivity contribution is 5.85. The maximum absolute atomic E-state index is 10.7. The summed E-state index contributed by atoms with van der Waals surface area (Å²) in [4.78, 5) is 12.4. The molecule has 0 aliphatic carbocycles. The van der Waals surface area contributed by atoms with Gasteiger partial charge < -0.3 is 9.64 Å². The summed E-state index contributed by atoms with van der Waals surface area (Å²) in [6.45, 7) is 4.22. The van der Waals surface area contributed by atoms with Crippen molar-refractivity contribution in [3.63, 3.8) is 0 Å². The van der Waals surface area contributed by atoms with Crippen molar-refractivity contribution in [1.29, 1.82) is 0 Å². The van der Waals surface area contributed by atoms with E-state index in [1.54, 1.807) is 4.90 Å². The van der Waals surface area contributed by atoms with Gasteiger partial charge in [0.05, 0.1) is 6.54 Å². The van der Waals surface area contributed by atoms with Crippen LogP contribution in [0.25, 0.3) is 0 Å². The average molecular weight is 166 g/mol. The third-order valence-electron chi connectivity index (χ3n) is 1.34. The Morgan fingerprint density at radius 2 is 2.40 bits per heavy atom. The highest BCUT2D eigenvalue weighted by atomic mass is 35.5. The summed E-state index contributed by atoms with van der Waals surface area (Å²) in [5, 5.41) is 0. The van der Waals surface area contributed by atoms with Crippen LogP contribution in [0.2, 0.25) is 0 Å². The first-order valence-corrected chi connectivity index (χ1v) is 3.26. The lowest BCUT2D eigenvalue weighted by Gasteiger charge is -2.08. The maximum Gasteiger partial charge on any atom is 0.409 e. The fraction of sp³-hybridized carbons (Fsp3) is 0.833. The summed E-state index contributed by atoms with van der Waals surface area (Å²) >= 11 is 0. The number of amides is 1. The van der Waals surface area contributed by atoms with Crippen molar-refractivity contribution < 1.29 is 9.53 Å². The summed E-state index contributed by atoms with van der Waals surface area (Å²) in [7, 11) is 0. The Labute approximate surface area is 66.7 Å². The molecule has 0 atom stereocenters. The van der Waals surface area contributed by atoms with Crippen LogP contribution in [0.3, 0.4) is 0 Å². The van der Waals surface area contributed by atoms with Crippen molar-refractivity contribution in [3.05, 3.63) is 0 Å². The van der Waals surface area contributed by atoms with Crippen molar-refractivity contribution >= 4 is 18.5 Å². The molecule has 10 heavy (non-hydrogen) atoms. The minimum Gasteiger partial charge on any atom is -0.448 e. The van der Waals surface area contributed by atoms with Crippen molar-refractivity contribution in [2.24, 2.45) is 0 Å². The van der Waals surface area contributed by atoms with Gasteiger partial charge in [0.25, 0.3) is 0 Å². The van der Waals surface area contributed by atoms with E-state index >= 15 is 0 Å². The van der Waals surface area contributed by atoms with Crippen LogP contribution < -0.4 is 0 Å².